The van der Waals surface area contributed by atoms with Gasteiger partial charge in [-0.3, -0.25) is 0 Å². The van der Waals surface area contributed by atoms with Crippen LogP contribution in [0.4, 0.5) is 8.78 Å². The molecule has 108 valence electrons. The van der Waals surface area contributed by atoms with Gasteiger partial charge in [-0.15, -0.1) is 0 Å². The molecule has 0 heterocycles. The third-order valence-corrected chi connectivity index (χ3v) is 3.39. The topological polar surface area (TPSA) is 21.3 Å². The summed E-state index contributed by atoms with van der Waals surface area (Å²) in [4.78, 5) is 0. The van der Waals surface area contributed by atoms with Gasteiger partial charge in [0, 0.05) is 24.8 Å². The van der Waals surface area contributed by atoms with E-state index in [0.717, 1.165) is 6.42 Å². The molecule has 2 nitrogen and oxygen atoms in total. The quantitative estimate of drug-likeness (QED) is 0.568. The van der Waals surface area contributed by atoms with E-state index in [-0.39, 0.29) is 16.1 Å². The minimum Gasteiger partial charge on any atom is -0.381 e. The van der Waals surface area contributed by atoms with E-state index < -0.39 is 11.6 Å². The van der Waals surface area contributed by atoms with E-state index in [9.17, 15) is 8.78 Å². The van der Waals surface area contributed by atoms with Crippen LogP contribution in [0.2, 0.25) is 0 Å². The molecule has 0 saturated heterocycles. The normalized spacial score (nSPS) is 12.7. The Morgan fingerprint density at radius 3 is 2.63 bits per heavy atom. The van der Waals surface area contributed by atoms with Gasteiger partial charge in [0.15, 0.2) is 0 Å². The zero-order valence-corrected chi connectivity index (χ0v) is 12.9. The molecule has 0 aliphatic heterocycles. The lowest BCUT2D eigenvalue weighted by atomic mass is 10.0. The number of benzene rings is 1. The minimum atomic E-state index is -0.540. The predicted octanol–water partition coefficient (Wildman–Crippen LogP) is 4.19. The summed E-state index contributed by atoms with van der Waals surface area (Å²) in [5.41, 5.74) is 0.0799. The fourth-order valence-corrected chi connectivity index (χ4v) is 2.25. The van der Waals surface area contributed by atoms with Crippen LogP contribution in [0, 0.1) is 11.6 Å². The lowest BCUT2D eigenvalue weighted by Crippen LogP contribution is -2.24. The highest BCUT2D eigenvalue weighted by Crippen LogP contribution is 2.28. The number of hydrogen-bond donors (Lipinski definition) is 1. The second-order valence-electron chi connectivity index (χ2n) is 4.27. The van der Waals surface area contributed by atoms with E-state index in [1.807, 2.05) is 13.8 Å². The highest BCUT2D eigenvalue weighted by molar-refractivity contribution is 9.10. The number of ether oxygens (including phenoxy) is 1. The molecule has 0 radical (unpaired) electrons. The van der Waals surface area contributed by atoms with Crippen molar-refractivity contribution in [3.8, 4) is 0 Å². The van der Waals surface area contributed by atoms with E-state index in [1.165, 1.54) is 12.1 Å². The van der Waals surface area contributed by atoms with Gasteiger partial charge < -0.3 is 10.1 Å². The van der Waals surface area contributed by atoms with E-state index in [1.54, 1.807) is 0 Å². The fraction of sp³-hybridized carbons (Fsp3) is 0.571. The van der Waals surface area contributed by atoms with Crippen LogP contribution in [0.1, 0.15) is 38.3 Å². The monoisotopic (exact) mass is 335 g/mol. The standard InChI is InChI=1S/C14H20BrF2NO/c1-3-8-19-9-7-12(18-4-2)13-11(16)6-5-10(15)14(13)17/h5-6,12,18H,3-4,7-9H2,1-2H3. The predicted molar refractivity (Wildman–Crippen MR) is 76.2 cm³/mol. The SMILES string of the molecule is CCCOCCC(NCC)c1c(F)ccc(Br)c1F. The first-order chi connectivity index (χ1) is 9.11. The van der Waals surface area contributed by atoms with Crippen molar-refractivity contribution < 1.29 is 13.5 Å². The molecule has 5 heteroatoms. The van der Waals surface area contributed by atoms with Crippen LogP contribution in [0.5, 0.6) is 0 Å². The Bertz CT molecular complexity index is 401. The zero-order valence-electron chi connectivity index (χ0n) is 11.3. The summed E-state index contributed by atoms with van der Waals surface area (Å²) in [5.74, 6) is -1.07. The van der Waals surface area contributed by atoms with Gasteiger partial charge >= 0.3 is 0 Å². The Hall–Kier alpha value is -0.520. The molecule has 0 aliphatic carbocycles. The molecule has 0 amide bonds. The van der Waals surface area contributed by atoms with Crippen LogP contribution in [-0.2, 0) is 4.74 Å². The van der Waals surface area contributed by atoms with E-state index in [0.29, 0.717) is 26.2 Å². The van der Waals surface area contributed by atoms with Gasteiger partial charge in [0.05, 0.1) is 4.47 Å². The molecule has 0 bridgehead atoms. The summed E-state index contributed by atoms with van der Waals surface area (Å²) in [6.07, 6.45) is 1.48. The molecular formula is C14H20BrF2NO. The van der Waals surface area contributed by atoms with Gasteiger partial charge in [-0.25, -0.2) is 8.78 Å². The average Bonchev–Trinajstić information content (AvgIpc) is 2.39. The Morgan fingerprint density at radius 1 is 1.26 bits per heavy atom. The van der Waals surface area contributed by atoms with E-state index in [4.69, 9.17) is 4.74 Å². The Morgan fingerprint density at radius 2 is 2.00 bits per heavy atom. The van der Waals surface area contributed by atoms with Gasteiger partial charge in [0.25, 0.3) is 0 Å². The van der Waals surface area contributed by atoms with Crippen molar-refractivity contribution in [1.82, 2.24) is 5.32 Å². The van der Waals surface area contributed by atoms with Gasteiger partial charge in [0.2, 0.25) is 0 Å². The third-order valence-electron chi connectivity index (χ3n) is 2.78. The molecule has 1 aromatic carbocycles. The lowest BCUT2D eigenvalue weighted by Gasteiger charge is -2.20. The third kappa shape index (κ3) is 4.82. The van der Waals surface area contributed by atoms with Gasteiger partial charge in [-0.1, -0.05) is 13.8 Å². The second kappa shape index (κ2) is 8.61. The molecule has 1 unspecified atom stereocenters. The molecule has 1 aromatic rings. The molecule has 0 saturated carbocycles. The zero-order chi connectivity index (χ0) is 14.3. The number of nitrogens with one attached hydrogen (secondary N) is 1. The van der Waals surface area contributed by atoms with Crippen LogP contribution < -0.4 is 5.32 Å². The van der Waals surface area contributed by atoms with Crippen molar-refractivity contribution >= 4 is 15.9 Å². The summed E-state index contributed by atoms with van der Waals surface area (Å²) in [5, 5.41) is 3.10. The molecule has 0 fully saturated rings. The molecule has 0 aliphatic rings. The molecule has 1 rings (SSSR count). The van der Waals surface area contributed by atoms with Crippen molar-refractivity contribution in [3.05, 3.63) is 33.8 Å². The number of rotatable bonds is 8. The molecular weight excluding hydrogens is 316 g/mol. The van der Waals surface area contributed by atoms with Gasteiger partial charge in [-0.05, 0) is 47.4 Å². The molecule has 19 heavy (non-hydrogen) atoms. The van der Waals surface area contributed by atoms with Crippen LogP contribution >= 0.6 is 15.9 Å². The Kier molecular flexibility index (Phi) is 7.49. The van der Waals surface area contributed by atoms with Crippen molar-refractivity contribution in [1.29, 1.82) is 0 Å². The van der Waals surface area contributed by atoms with Gasteiger partial charge in [0.1, 0.15) is 11.6 Å². The first-order valence-corrected chi connectivity index (χ1v) is 7.35. The molecule has 0 spiro atoms. The van der Waals surface area contributed by atoms with Crippen LogP contribution in [-0.4, -0.2) is 19.8 Å². The lowest BCUT2D eigenvalue weighted by molar-refractivity contribution is 0.124. The summed E-state index contributed by atoms with van der Waals surface area (Å²) >= 11 is 3.09. The first-order valence-electron chi connectivity index (χ1n) is 6.56. The first kappa shape index (κ1) is 16.5. The summed E-state index contributed by atoms with van der Waals surface area (Å²) in [6.45, 7) is 5.73. The maximum Gasteiger partial charge on any atom is 0.145 e. The Balaban J connectivity index is 2.83. The summed E-state index contributed by atoms with van der Waals surface area (Å²) < 4.78 is 33.6. The number of halogens is 3. The largest absolute Gasteiger partial charge is 0.381 e. The van der Waals surface area contributed by atoms with Crippen molar-refractivity contribution in [2.75, 3.05) is 19.8 Å². The smallest absolute Gasteiger partial charge is 0.145 e. The maximum atomic E-state index is 14.0. The minimum absolute atomic E-state index is 0.0799. The van der Waals surface area contributed by atoms with Crippen molar-refractivity contribution in [3.63, 3.8) is 0 Å². The summed E-state index contributed by atoms with van der Waals surface area (Å²) in [6, 6.07) is 2.28. The molecule has 0 aromatic heterocycles. The molecule has 1 N–H and O–H groups in total. The second-order valence-corrected chi connectivity index (χ2v) is 5.12. The van der Waals surface area contributed by atoms with Crippen molar-refractivity contribution in [2.24, 2.45) is 0 Å². The van der Waals surface area contributed by atoms with Crippen LogP contribution in [0.3, 0.4) is 0 Å². The van der Waals surface area contributed by atoms with E-state index in [2.05, 4.69) is 21.2 Å². The van der Waals surface area contributed by atoms with Gasteiger partial charge in [-0.2, -0.15) is 0 Å². The van der Waals surface area contributed by atoms with Crippen molar-refractivity contribution in [2.45, 2.75) is 32.7 Å². The van der Waals surface area contributed by atoms with Crippen LogP contribution in [0.15, 0.2) is 16.6 Å². The van der Waals surface area contributed by atoms with E-state index >= 15 is 0 Å². The summed E-state index contributed by atoms with van der Waals surface area (Å²) in [7, 11) is 0. The maximum absolute atomic E-state index is 14.0. The number of hydrogen-bond acceptors (Lipinski definition) is 2. The average molecular weight is 336 g/mol. The fourth-order valence-electron chi connectivity index (χ4n) is 1.90. The molecule has 1 atom stereocenters. The van der Waals surface area contributed by atoms with Crippen LogP contribution in [0.25, 0.3) is 0 Å². The Labute approximate surface area is 121 Å². The highest BCUT2D eigenvalue weighted by Gasteiger charge is 2.21. The highest BCUT2D eigenvalue weighted by atomic mass is 79.9.